The third-order valence-electron chi connectivity index (χ3n) is 9.18. The fourth-order valence-corrected chi connectivity index (χ4v) is 6.96. The van der Waals surface area contributed by atoms with E-state index in [1.807, 2.05) is 35.2 Å². The van der Waals surface area contributed by atoms with Gasteiger partial charge >= 0.3 is 0 Å². The van der Waals surface area contributed by atoms with E-state index in [1.54, 1.807) is 0 Å². The Kier molecular flexibility index (Phi) is 11.4. The van der Waals surface area contributed by atoms with Crippen molar-refractivity contribution in [1.82, 2.24) is 19.6 Å². The highest BCUT2D eigenvalue weighted by Crippen LogP contribution is 2.32. The summed E-state index contributed by atoms with van der Waals surface area (Å²) in [6.45, 7) is 8.36. The monoisotopic (exact) mass is 656 g/mol. The average Bonchev–Trinajstić information content (AvgIpc) is 3.10. The van der Waals surface area contributed by atoms with Crippen LogP contribution in [0.5, 0.6) is 0 Å². The van der Waals surface area contributed by atoms with Gasteiger partial charge in [0.05, 0.1) is 18.7 Å². The number of carbonyl (C=O) groups excluding carboxylic acids is 1. The van der Waals surface area contributed by atoms with Crippen LogP contribution in [0.25, 0.3) is 0 Å². The van der Waals surface area contributed by atoms with Crippen molar-refractivity contribution in [2.24, 2.45) is 0 Å². The quantitative estimate of drug-likeness (QED) is 0.169. The smallest absolute Gasteiger partial charge is 0.248 e. The van der Waals surface area contributed by atoms with Crippen LogP contribution in [0.1, 0.15) is 34.3 Å². The molecule has 2 aliphatic heterocycles. The van der Waals surface area contributed by atoms with E-state index in [-0.39, 0.29) is 24.6 Å². The molecule has 0 N–H and O–H groups in total. The molecule has 2 saturated heterocycles. The molecule has 0 bridgehead atoms. The van der Waals surface area contributed by atoms with Crippen molar-refractivity contribution in [2.75, 3.05) is 72.1 Å². The van der Waals surface area contributed by atoms with Gasteiger partial charge in [-0.15, -0.1) is 0 Å². The van der Waals surface area contributed by atoms with Crippen molar-refractivity contribution >= 4 is 29.1 Å². The number of benzene rings is 4. The highest BCUT2D eigenvalue weighted by atomic mass is 35.5. The first-order valence-corrected chi connectivity index (χ1v) is 17.0. The van der Waals surface area contributed by atoms with Gasteiger partial charge in [0.15, 0.2) is 0 Å². The number of nitrogens with zero attached hydrogens (tertiary/aromatic N) is 4. The van der Waals surface area contributed by atoms with Gasteiger partial charge in [0.2, 0.25) is 5.91 Å². The van der Waals surface area contributed by atoms with E-state index in [0.717, 1.165) is 55.9 Å². The fourth-order valence-electron chi connectivity index (χ4n) is 6.71. The normalized spacial score (nSPS) is 17.9. The van der Waals surface area contributed by atoms with Crippen LogP contribution in [-0.4, -0.2) is 97.6 Å². The van der Waals surface area contributed by atoms with E-state index in [2.05, 4.69) is 93.6 Å². The summed E-state index contributed by atoms with van der Waals surface area (Å²) in [5.41, 5.74) is 5.00. The molecule has 6 rings (SSSR count). The molecule has 2 aliphatic rings. The molecule has 240 valence electrons. The number of hydrogen-bond acceptors (Lipinski definition) is 5. The van der Waals surface area contributed by atoms with Gasteiger partial charge in [-0.25, -0.2) is 0 Å². The highest BCUT2D eigenvalue weighted by Gasteiger charge is 2.29. The average molecular weight is 658 g/mol. The number of piperazine rings is 2. The largest absolute Gasteiger partial charge is 0.370 e. The van der Waals surface area contributed by atoms with Gasteiger partial charge in [0.1, 0.15) is 6.61 Å². The van der Waals surface area contributed by atoms with Crippen LogP contribution in [0.2, 0.25) is 10.0 Å². The summed E-state index contributed by atoms with van der Waals surface area (Å²) < 4.78 is 5.91. The van der Waals surface area contributed by atoms with Crippen LogP contribution in [0, 0.1) is 0 Å². The van der Waals surface area contributed by atoms with Crippen molar-refractivity contribution in [3.8, 4) is 0 Å². The van der Waals surface area contributed by atoms with Gasteiger partial charge < -0.3 is 9.64 Å². The second kappa shape index (κ2) is 16.1. The molecule has 0 spiro atoms. The second-order valence-electron chi connectivity index (χ2n) is 12.1. The lowest BCUT2D eigenvalue weighted by atomic mass is 9.96. The van der Waals surface area contributed by atoms with E-state index in [1.165, 1.54) is 22.3 Å². The van der Waals surface area contributed by atoms with Crippen molar-refractivity contribution in [1.29, 1.82) is 0 Å². The molecule has 0 radical (unpaired) electrons. The summed E-state index contributed by atoms with van der Waals surface area (Å²) in [6, 6.07) is 37.9. The molecule has 4 aromatic carbocycles. The Labute approximate surface area is 283 Å². The third-order valence-corrected chi connectivity index (χ3v) is 9.69. The molecule has 46 heavy (non-hydrogen) atoms. The van der Waals surface area contributed by atoms with Crippen molar-refractivity contribution in [3.05, 3.63) is 141 Å². The number of carbonyl (C=O) groups is 1. The zero-order valence-corrected chi connectivity index (χ0v) is 27.7. The Morgan fingerprint density at radius 2 is 0.978 bits per heavy atom. The molecule has 6 nitrogen and oxygen atoms in total. The predicted molar refractivity (Wildman–Crippen MR) is 186 cm³/mol. The van der Waals surface area contributed by atoms with E-state index < -0.39 is 0 Å². The van der Waals surface area contributed by atoms with E-state index in [0.29, 0.717) is 19.7 Å². The molecule has 2 heterocycles. The Balaban J connectivity index is 0.946. The second-order valence-corrected chi connectivity index (χ2v) is 12.9. The zero-order valence-electron chi connectivity index (χ0n) is 26.2. The summed E-state index contributed by atoms with van der Waals surface area (Å²) in [4.78, 5) is 22.4. The molecule has 4 aromatic rings. The molecule has 2 atom stereocenters. The van der Waals surface area contributed by atoms with Crippen LogP contribution in [0.15, 0.2) is 109 Å². The predicted octanol–water partition coefficient (Wildman–Crippen LogP) is 6.65. The van der Waals surface area contributed by atoms with Crippen molar-refractivity contribution in [2.45, 2.75) is 12.1 Å². The molecule has 2 fully saturated rings. The molecular weight excluding hydrogens is 615 g/mol. The Morgan fingerprint density at radius 3 is 1.43 bits per heavy atom. The third kappa shape index (κ3) is 8.37. The minimum Gasteiger partial charge on any atom is -0.370 e. The number of hydrogen-bond donors (Lipinski definition) is 0. The first-order chi connectivity index (χ1) is 22.5. The first-order valence-electron chi connectivity index (χ1n) is 16.2. The minimum atomic E-state index is 0.0703. The van der Waals surface area contributed by atoms with Gasteiger partial charge in [0.25, 0.3) is 0 Å². The Bertz CT molecular complexity index is 1510. The number of amides is 1. The molecule has 8 heteroatoms. The van der Waals surface area contributed by atoms with E-state index >= 15 is 0 Å². The molecule has 1 amide bonds. The summed E-state index contributed by atoms with van der Waals surface area (Å²) in [6.07, 6.45) is 0. The van der Waals surface area contributed by atoms with E-state index in [9.17, 15) is 4.79 Å². The minimum absolute atomic E-state index is 0.0703. The fraction of sp³-hybridized carbons (Fsp3) is 0.342. The maximum atomic E-state index is 13.1. The summed E-state index contributed by atoms with van der Waals surface area (Å²) >= 11 is 12.4. The Morgan fingerprint density at radius 1 is 0.565 bits per heavy atom. The SMILES string of the molecule is O=C(COCCN1CCN(C(c2ccccc2)c2ccc(Cl)cc2)CC1)N1CCN(C(c2ccccc2)c2ccc(Cl)cc2)CC1. The summed E-state index contributed by atoms with van der Waals surface area (Å²) in [7, 11) is 0. The van der Waals surface area contributed by atoms with Crippen LogP contribution < -0.4 is 0 Å². The van der Waals surface area contributed by atoms with Crippen LogP contribution >= 0.6 is 23.2 Å². The number of halogens is 2. The zero-order chi connectivity index (χ0) is 31.7. The standard InChI is InChI=1S/C38H42Cl2N4O2/c39-34-15-11-32(12-16-34)37(30-7-3-1-4-8-30)43-21-19-41(20-22-43)27-28-46-29-36(45)42-23-25-44(26-24-42)38(31-9-5-2-6-10-31)33-13-17-35(40)18-14-33/h1-18,37-38H,19-29H2. The molecule has 2 unspecified atom stereocenters. The lowest BCUT2D eigenvalue weighted by Crippen LogP contribution is -2.51. The topological polar surface area (TPSA) is 39.3 Å². The van der Waals surface area contributed by atoms with Crippen molar-refractivity contribution in [3.63, 3.8) is 0 Å². The van der Waals surface area contributed by atoms with Gasteiger partial charge in [-0.1, -0.05) is 108 Å². The first kappa shape index (κ1) is 32.7. The number of rotatable bonds is 11. The molecular formula is C38H42Cl2N4O2. The summed E-state index contributed by atoms with van der Waals surface area (Å²) in [5, 5.41) is 1.49. The molecule has 0 aliphatic carbocycles. The van der Waals surface area contributed by atoms with Crippen LogP contribution in [-0.2, 0) is 9.53 Å². The lowest BCUT2D eigenvalue weighted by Gasteiger charge is -2.40. The van der Waals surface area contributed by atoms with Crippen molar-refractivity contribution < 1.29 is 9.53 Å². The lowest BCUT2D eigenvalue weighted by molar-refractivity contribution is -0.138. The van der Waals surface area contributed by atoms with Crippen LogP contribution in [0.4, 0.5) is 0 Å². The van der Waals surface area contributed by atoms with Gasteiger partial charge in [0, 0.05) is 68.9 Å². The van der Waals surface area contributed by atoms with Crippen LogP contribution in [0.3, 0.4) is 0 Å². The van der Waals surface area contributed by atoms with E-state index in [4.69, 9.17) is 27.9 Å². The van der Waals surface area contributed by atoms with Gasteiger partial charge in [-0.05, 0) is 46.5 Å². The summed E-state index contributed by atoms with van der Waals surface area (Å²) in [5.74, 6) is 0.0703. The Hall–Kier alpha value is -3.23. The molecule has 0 aromatic heterocycles. The molecule has 0 saturated carbocycles. The van der Waals surface area contributed by atoms with Gasteiger partial charge in [-0.3, -0.25) is 19.5 Å². The maximum absolute atomic E-state index is 13.1. The highest BCUT2D eigenvalue weighted by molar-refractivity contribution is 6.30. The van der Waals surface area contributed by atoms with Gasteiger partial charge in [-0.2, -0.15) is 0 Å². The maximum Gasteiger partial charge on any atom is 0.248 e. The number of ether oxygens (including phenoxy) is 1.